The second-order valence-corrected chi connectivity index (χ2v) is 4.95. The number of nitrogens with zero attached hydrogens (tertiary/aromatic N) is 2. The van der Waals surface area contributed by atoms with E-state index in [0.29, 0.717) is 6.61 Å². The van der Waals surface area contributed by atoms with Crippen LogP contribution in [-0.4, -0.2) is 16.4 Å². The molecular weight excluding hydrogens is 248 g/mol. The van der Waals surface area contributed by atoms with Gasteiger partial charge >= 0.3 is 0 Å². The summed E-state index contributed by atoms with van der Waals surface area (Å²) in [7, 11) is 0. The van der Waals surface area contributed by atoms with E-state index >= 15 is 0 Å². The van der Waals surface area contributed by atoms with E-state index in [1.807, 2.05) is 35.1 Å². The minimum absolute atomic E-state index is 0.706. The van der Waals surface area contributed by atoms with Crippen LogP contribution in [0.2, 0.25) is 0 Å². The number of hydrogen-bond acceptors (Lipinski definition) is 2. The van der Waals surface area contributed by atoms with Crippen molar-refractivity contribution in [2.75, 3.05) is 6.61 Å². The lowest BCUT2D eigenvalue weighted by atomic mass is 10.2. The van der Waals surface area contributed by atoms with Crippen LogP contribution in [0, 0.1) is 6.92 Å². The van der Waals surface area contributed by atoms with Crippen molar-refractivity contribution in [1.29, 1.82) is 0 Å². The van der Waals surface area contributed by atoms with Gasteiger partial charge in [-0.05, 0) is 30.7 Å². The average Bonchev–Trinajstić information content (AvgIpc) is 2.87. The Kier molecular flexibility index (Phi) is 3.68. The van der Waals surface area contributed by atoms with Crippen molar-refractivity contribution in [3.05, 3.63) is 60.3 Å². The van der Waals surface area contributed by atoms with Gasteiger partial charge in [-0.2, -0.15) is 5.10 Å². The smallest absolute Gasteiger partial charge is 0.119 e. The number of para-hydroxylation sites is 1. The van der Waals surface area contributed by atoms with Crippen LogP contribution in [0.25, 0.3) is 10.9 Å². The molecule has 0 saturated carbocycles. The van der Waals surface area contributed by atoms with E-state index in [9.17, 15) is 0 Å². The first-order valence-electron chi connectivity index (χ1n) is 6.93. The predicted molar refractivity (Wildman–Crippen MR) is 81.0 cm³/mol. The molecule has 0 bridgehead atoms. The SMILES string of the molecule is Cc1cccc(OCCCn2ncc3ccccc32)c1. The minimum atomic E-state index is 0.706. The summed E-state index contributed by atoms with van der Waals surface area (Å²) in [5, 5.41) is 5.60. The number of aromatic nitrogens is 2. The standard InChI is InChI=1S/C17H18N2O/c1-14-6-4-8-16(12-14)20-11-5-10-19-17-9-3-2-7-15(17)13-18-19/h2-4,6-9,12-13H,5,10-11H2,1H3. The zero-order valence-electron chi connectivity index (χ0n) is 11.6. The topological polar surface area (TPSA) is 27.1 Å². The second kappa shape index (κ2) is 5.78. The zero-order valence-corrected chi connectivity index (χ0v) is 11.6. The number of rotatable bonds is 5. The third-order valence-corrected chi connectivity index (χ3v) is 3.32. The summed E-state index contributed by atoms with van der Waals surface area (Å²) >= 11 is 0. The number of benzene rings is 2. The Hall–Kier alpha value is -2.29. The highest BCUT2D eigenvalue weighted by atomic mass is 16.5. The highest BCUT2D eigenvalue weighted by Crippen LogP contribution is 2.14. The quantitative estimate of drug-likeness (QED) is 0.656. The number of ether oxygens (including phenoxy) is 1. The Morgan fingerprint density at radius 2 is 2.00 bits per heavy atom. The van der Waals surface area contributed by atoms with Crippen molar-refractivity contribution in [2.45, 2.75) is 19.9 Å². The van der Waals surface area contributed by atoms with Gasteiger partial charge < -0.3 is 4.74 Å². The van der Waals surface area contributed by atoms with Gasteiger partial charge in [-0.1, -0.05) is 30.3 Å². The van der Waals surface area contributed by atoms with Crippen LogP contribution in [-0.2, 0) is 6.54 Å². The highest BCUT2D eigenvalue weighted by Gasteiger charge is 2.01. The van der Waals surface area contributed by atoms with Gasteiger partial charge in [0.15, 0.2) is 0 Å². The minimum Gasteiger partial charge on any atom is -0.494 e. The molecule has 0 atom stereocenters. The molecule has 0 aliphatic carbocycles. The maximum Gasteiger partial charge on any atom is 0.119 e. The molecule has 0 amide bonds. The third kappa shape index (κ3) is 2.82. The maximum absolute atomic E-state index is 5.76. The summed E-state index contributed by atoms with van der Waals surface area (Å²) in [6, 6.07) is 16.4. The first-order chi connectivity index (χ1) is 9.83. The Morgan fingerprint density at radius 1 is 1.10 bits per heavy atom. The van der Waals surface area contributed by atoms with Crippen molar-refractivity contribution in [3.8, 4) is 5.75 Å². The van der Waals surface area contributed by atoms with E-state index in [-0.39, 0.29) is 0 Å². The molecule has 0 aliphatic heterocycles. The van der Waals surface area contributed by atoms with E-state index in [0.717, 1.165) is 18.7 Å². The van der Waals surface area contributed by atoms with Crippen LogP contribution in [0.5, 0.6) is 5.75 Å². The monoisotopic (exact) mass is 266 g/mol. The Bertz CT molecular complexity index is 703. The van der Waals surface area contributed by atoms with Gasteiger partial charge in [0.2, 0.25) is 0 Å². The lowest BCUT2D eigenvalue weighted by Gasteiger charge is -2.07. The van der Waals surface area contributed by atoms with Crippen molar-refractivity contribution >= 4 is 10.9 Å². The van der Waals surface area contributed by atoms with Crippen LogP contribution in [0.3, 0.4) is 0 Å². The van der Waals surface area contributed by atoms with Crippen LogP contribution in [0.15, 0.2) is 54.7 Å². The summed E-state index contributed by atoms with van der Waals surface area (Å²) in [5.41, 5.74) is 2.41. The van der Waals surface area contributed by atoms with Gasteiger partial charge in [0.1, 0.15) is 5.75 Å². The summed E-state index contributed by atoms with van der Waals surface area (Å²) < 4.78 is 7.79. The highest BCUT2D eigenvalue weighted by molar-refractivity contribution is 5.78. The fourth-order valence-corrected chi connectivity index (χ4v) is 2.31. The number of aryl methyl sites for hydroxylation is 2. The molecule has 102 valence electrons. The van der Waals surface area contributed by atoms with Crippen LogP contribution in [0.4, 0.5) is 0 Å². The lowest BCUT2D eigenvalue weighted by Crippen LogP contribution is -2.05. The molecule has 0 spiro atoms. The van der Waals surface area contributed by atoms with Crippen molar-refractivity contribution in [2.24, 2.45) is 0 Å². The van der Waals surface area contributed by atoms with Crippen LogP contribution >= 0.6 is 0 Å². The Morgan fingerprint density at radius 3 is 2.90 bits per heavy atom. The lowest BCUT2D eigenvalue weighted by molar-refractivity contribution is 0.299. The fourth-order valence-electron chi connectivity index (χ4n) is 2.31. The first-order valence-corrected chi connectivity index (χ1v) is 6.93. The molecule has 3 heteroatoms. The first kappa shape index (κ1) is 12.7. The summed E-state index contributed by atoms with van der Waals surface area (Å²) in [6.45, 7) is 3.65. The van der Waals surface area contributed by atoms with Crippen molar-refractivity contribution < 1.29 is 4.74 Å². The van der Waals surface area contributed by atoms with Crippen molar-refractivity contribution in [1.82, 2.24) is 9.78 Å². The molecule has 3 aromatic rings. The van der Waals surface area contributed by atoms with Crippen LogP contribution < -0.4 is 4.74 Å². The molecule has 0 unspecified atom stereocenters. The van der Waals surface area contributed by atoms with Gasteiger partial charge in [-0.3, -0.25) is 4.68 Å². The van der Waals surface area contributed by atoms with E-state index in [4.69, 9.17) is 4.74 Å². The Balaban J connectivity index is 1.55. The van der Waals surface area contributed by atoms with Crippen LogP contribution in [0.1, 0.15) is 12.0 Å². The van der Waals surface area contributed by atoms with Crippen molar-refractivity contribution in [3.63, 3.8) is 0 Å². The molecule has 20 heavy (non-hydrogen) atoms. The van der Waals surface area contributed by atoms with E-state index < -0.39 is 0 Å². The molecule has 1 aromatic heterocycles. The van der Waals surface area contributed by atoms with E-state index in [2.05, 4.69) is 36.3 Å². The van der Waals surface area contributed by atoms with E-state index in [1.165, 1.54) is 16.5 Å². The normalized spacial score (nSPS) is 10.8. The molecule has 1 heterocycles. The molecule has 3 rings (SSSR count). The summed E-state index contributed by atoms with van der Waals surface area (Å²) in [6.07, 6.45) is 2.86. The molecule has 0 saturated heterocycles. The molecule has 0 fully saturated rings. The number of fused-ring (bicyclic) bond motifs is 1. The van der Waals surface area contributed by atoms with Gasteiger partial charge in [-0.15, -0.1) is 0 Å². The summed E-state index contributed by atoms with van der Waals surface area (Å²) in [4.78, 5) is 0. The molecule has 0 radical (unpaired) electrons. The largest absolute Gasteiger partial charge is 0.494 e. The second-order valence-electron chi connectivity index (χ2n) is 4.95. The van der Waals surface area contributed by atoms with E-state index in [1.54, 1.807) is 0 Å². The third-order valence-electron chi connectivity index (χ3n) is 3.32. The molecule has 0 N–H and O–H groups in total. The van der Waals surface area contributed by atoms with Gasteiger partial charge in [0.05, 0.1) is 18.3 Å². The molecule has 3 nitrogen and oxygen atoms in total. The fraction of sp³-hybridized carbons (Fsp3) is 0.235. The van der Waals surface area contributed by atoms with Gasteiger partial charge in [0, 0.05) is 18.4 Å². The maximum atomic E-state index is 5.76. The number of hydrogen-bond donors (Lipinski definition) is 0. The predicted octanol–water partition coefficient (Wildman–Crippen LogP) is 3.81. The zero-order chi connectivity index (χ0) is 13.8. The van der Waals surface area contributed by atoms with Gasteiger partial charge in [0.25, 0.3) is 0 Å². The van der Waals surface area contributed by atoms with Gasteiger partial charge in [-0.25, -0.2) is 0 Å². The molecular formula is C17H18N2O. The Labute approximate surface area is 118 Å². The summed E-state index contributed by atoms with van der Waals surface area (Å²) in [5.74, 6) is 0.940. The molecule has 2 aromatic carbocycles. The average molecular weight is 266 g/mol. The molecule has 0 aliphatic rings.